The molecular formula is C24H36O2S. The molecule has 27 heavy (non-hydrogen) atoms. The van der Waals surface area contributed by atoms with Crippen LogP contribution in [-0.2, 0) is 0 Å². The first kappa shape index (κ1) is 20.6. The average Bonchev–Trinajstić information content (AvgIpc) is 2.89. The van der Waals surface area contributed by atoms with Gasteiger partial charge in [0.25, 0.3) is 0 Å². The molecule has 150 valence electrons. The molecule has 2 aliphatic rings. The molecule has 0 aromatic heterocycles. The van der Waals surface area contributed by atoms with Gasteiger partial charge in [0.2, 0.25) is 0 Å². The minimum absolute atomic E-state index is 0.152. The van der Waals surface area contributed by atoms with Gasteiger partial charge < -0.3 is 9.84 Å². The molecule has 2 nitrogen and oxygen atoms in total. The molecule has 3 heteroatoms. The van der Waals surface area contributed by atoms with Gasteiger partial charge >= 0.3 is 0 Å². The normalized spacial score (nSPS) is 22.0. The van der Waals surface area contributed by atoms with Crippen LogP contribution in [0.25, 0.3) is 5.57 Å². The number of phenols is 1. The van der Waals surface area contributed by atoms with Crippen molar-refractivity contribution >= 4 is 17.3 Å². The number of hydrogen-bond acceptors (Lipinski definition) is 3. The smallest absolute Gasteiger partial charge is 0.134 e. The zero-order valence-corrected chi connectivity index (χ0v) is 18.9. The lowest BCUT2D eigenvalue weighted by Gasteiger charge is -2.35. The largest absolute Gasteiger partial charge is 0.507 e. The summed E-state index contributed by atoms with van der Waals surface area (Å²) in [5.41, 5.74) is 3.07. The van der Waals surface area contributed by atoms with Crippen molar-refractivity contribution in [2.75, 3.05) is 0 Å². The van der Waals surface area contributed by atoms with E-state index in [1.165, 1.54) is 41.7 Å². The van der Waals surface area contributed by atoms with Crippen molar-refractivity contribution in [3.8, 4) is 11.5 Å². The zero-order chi connectivity index (χ0) is 20.0. The molecular weight excluding hydrogens is 352 g/mol. The fourth-order valence-electron chi connectivity index (χ4n) is 4.45. The fraction of sp³-hybridized carbons (Fsp3) is 0.667. The first-order valence-corrected chi connectivity index (χ1v) is 11.4. The third kappa shape index (κ3) is 4.04. The Labute approximate surface area is 169 Å². The van der Waals surface area contributed by atoms with Crippen molar-refractivity contribution in [2.24, 2.45) is 5.92 Å². The summed E-state index contributed by atoms with van der Waals surface area (Å²) < 4.78 is 6.59. The third-order valence-corrected chi connectivity index (χ3v) is 7.85. The Kier molecular flexibility index (Phi) is 5.65. The number of unbranched alkanes of at least 4 members (excludes halogenated alkanes) is 2. The maximum Gasteiger partial charge on any atom is 0.134 e. The Bertz CT molecular complexity index is 745. The van der Waals surface area contributed by atoms with E-state index in [1.807, 2.05) is 17.8 Å². The maximum absolute atomic E-state index is 10.9. The number of hydrogen-bond donors (Lipinski definition) is 1. The number of aromatic hydroxyl groups is 1. The Morgan fingerprint density at radius 2 is 1.85 bits per heavy atom. The lowest BCUT2D eigenvalue weighted by Crippen LogP contribution is -2.32. The van der Waals surface area contributed by atoms with Crippen LogP contribution in [0.2, 0.25) is 0 Å². The number of thioether (sulfide) groups is 1. The van der Waals surface area contributed by atoms with Gasteiger partial charge in [-0.15, -0.1) is 11.8 Å². The van der Waals surface area contributed by atoms with Crippen molar-refractivity contribution in [3.05, 3.63) is 28.2 Å². The monoisotopic (exact) mass is 388 g/mol. The second-order valence-corrected chi connectivity index (χ2v) is 11.4. The van der Waals surface area contributed by atoms with E-state index in [9.17, 15) is 5.11 Å². The van der Waals surface area contributed by atoms with Gasteiger partial charge in [0.15, 0.2) is 0 Å². The zero-order valence-electron chi connectivity index (χ0n) is 18.1. The second-order valence-electron chi connectivity index (χ2n) is 9.63. The molecule has 0 saturated heterocycles. The number of benzene rings is 1. The molecule has 1 aromatic carbocycles. The van der Waals surface area contributed by atoms with Crippen LogP contribution in [0.5, 0.6) is 11.5 Å². The number of phenolic OH excluding ortho intramolecular Hbond substituents is 1. The van der Waals surface area contributed by atoms with Crippen molar-refractivity contribution in [2.45, 2.75) is 96.8 Å². The van der Waals surface area contributed by atoms with Gasteiger partial charge in [-0.25, -0.2) is 0 Å². The molecule has 1 N–H and O–H groups in total. The van der Waals surface area contributed by atoms with Crippen LogP contribution in [0.4, 0.5) is 0 Å². The van der Waals surface area contributed by atoms with Crippen LogP contribution in [0, 0.1) is 5.92 Å². The van der Waals surface area contributed by atoms with Gasteiger partial charge in [0.1, 0.15) is 17.1 Å². The van der Waals surface area contributed by atoms with E-state index in [0.29, 0.717) is 17.6 Å². The second kappa shape index (κ2) is 7.39. The summed E-state index contributed by atoms with van der Waals surface area (Å²) in [4.78, 5) is 1.28. The van der Waals surface area contributed by atoms with Gasteiger partial charge in [-0.3, -0.25) is 0 Å². The summed E-state index contributed by atoms with van der Waals surface area (Å²) in [6.07, 6.45) is 6.05. The number of allylic oxidation sites excluding steroid dienone is 1. The summed E-state index contributed by atoms with van der Waals surface area (Å²) in [6.45, 7) is 15.7. The standard InChI is InChI=1S/C24H36O2S/c1-8-9-10-11-15(2)16(3)17-12-19(25)21-18-14-23(4,5)27-22(18)24(6,7)26-20(21)13-17/h12-13,15-16,25H,8-11,14H2,1-7H3. The van der Waals surface area contributed by atoms with Gasteiger partial charge in [-0.1, -0.05) is 60.3 Å². The predicted octanol–water partition coefficient (Wildman–Crippen LogP) is 7.51. The van der Waals surface area contributed by atoms with E-state index < -0.39 is 0 Å². The van der Waals surface area contributed by atoms with Crippen molar-refractivity contribution in [1.29, 1.82) is 0 Å². The quantitative estimate of drug-likeness (QED) is 0.511. The molecule has 3 rings (SSSR count). The van der Waals surface area contributed by atoms with E-state index in [1.54, 1.807) is 0 Å². The third-order valence-electron chi connectivity index (χ3n) is 6.21. The van der Waals surface area contributed by atoms with Crippen molar-refractivity contribution < 1.29 is 9.84 Å². The van der Waals surface area contributed by atoms with Crippen LogP contribution in [-0.4, -0.2) is 15.5 Å². The van der Waals surface area contributed by atoms with Gasteiger partial charge in [-0.2, -0.15) is 0 Å². The average molecular weight is 389 g/mol. The minimum atomic E-state index is -0.332. The highest BCUT2D eigenvalue weighted by Crippen LogP contribution is 2.59. The Morgan fingerprint density at radius 1 is 1.15 bits per heavy atom. The highest BCUT2D eigenvalue weighted by molar-refractivity contribution is 8.05. The van der Waals surface area contributed by atoms with E-state index in [-0.39, 0.29) is 10.3 Å². The summed E-state index contributed by atoms with van der Waals surface area (Å²) in [7, 11) is 0. The first-order valence-electron chi connectivity index (χ1n) is 10.5. The van der Waals surface area contributed by atoms with E-state index in [2.05, 4.69) is 54.5 Å². The van der Waals surface area contributed by atoms with Crippen LogP contribution in [0.3, 0.4) is 0 Å². The lowest BCUT2D eigenvalue weighted by molar-refractivity contribution is 0.153. The number of ether oxygens (including phenoxy) is 1. The SMILES string of the molecule is CCCCCC(C)C(C)c1cc(O)c2c(c1)OC(C)(C)C1=C2CC(C)(C)S1. The van der Waals surface area contributed by atoms with Crippen LogP contribution >= 0.6 is 11.8 Å². The molecule has 2 aliphatic heterocycles. The molecule has 0 amide bonds. The van der Waals surface area contributed by atoms with Gasteiger partial charge in [0, 0.05) is 9.65 Å². The van der Waals surface area contributed by atoms with Crippen molar-refractivity contribution in [1.82, 2.24) is 0 Å². The number of fused-ring (bicyclic) bond motifs is 2. The summed E-state index contributed by atoms with van der Waals surface area (Å²) in [6, 6.07) is 4.18. The molecule has 2 unspecified atom stereocenters. The maximum atomic E-state index is 10.9. The Hall–Kier alpha value is -1.09. The van der Waals surface area contributed by atoms with Crippen LogP contribution in [0.1, 0.15) is 97.6 Å². The first-order chi connectivity index (χ1) is 12.6. The minimum Gasteiger partial charge on any atom is -0.507 e. The van der Waals surface area contributed by atoms with Gasteiger partial charge in [0.05, 0.1) is 5.56 Å². The van der Waals surface area contributed by atoms with Crippen LogP contribution in [0.15, 0.2) is 17.0 Å². The molecule has 2 atom stereocenters. The summed E-state index contributed by atoms with van der Waals surface area (Å²) >= 11 is 1.90. The molecule has 0 saturated carbocycles. The molecule has 0 aliphatic carbocycles. The number of rotatable bonds is 6. The summed E-state index contributed by atoms with van der Waals surface area (Å²) in [5, 5.41) is 10.9. The van der Waals surface area contributed by atoms with E-state index >= 15 is 0 Å². The molecule has 0 radical (unpaired) electrons. The Balaban J connectivity index is 1.94. The van der Waals surface area contributed by atoms with Gasteiger partial charge in [-0.05, 0) is 55.4 Å². The van der Waals surface area contributed by atoms with E-state index in [4.69, 9.17) is 4.74 Å². The fourth-order valence-corrected chi connectivity index (χ4v) is 5.81. The lowest BCUT2D eigenvalue weighted by atomic mass is 9.82. The predicted molar refractivity (Wildman–Crippen MR) is 118 cm³/mol. The highest BCUT2D eigenvalue weighted by atomic mass is 32.2. The molecule has 0 fully saturated rings. The Morgan fingerprint density at radius 3 is 2.52 bits per heavy atom. The highest BCUT2D eigenvalue weighted by Gasteiger charge is 2.45. The molecule has 1 aromatic rings. The topological polar surface area (TPSA) is 29.5 Å². The molecule has 0 bridgehead atoms. The summed E-state index contributed by atoms with van der Waals surface area (Å²) in [5.74, 6) is 2.26. The van der Waals surface area contributed by atoms with E-state index in [0.717, 1.165) is 17.7 Å². The van der Waals surface area contributed by atoms with Crippen LogP contribution < -0.4 is 4.74 Å². The molecule has 0 spiro atoms. The molecule has 2 heterocycles. The van der Waals surface area contributed by atoms with Crippen molar-refractivity contribution in [3.63, 3.8) is 0 Å².